The van der Waals surface area contributed by atoms with Crippen molar-refractivity contribution in [1.82, 2.24) is 18.9 Å². The Morgan fingerprint density at radius 3 is 2.96 bits per heavy atom. The van der Waals surface area contributed by atoms with Gasteiger partial charge in [-0.25, -0.2) is 4.98 Å². The summed E-state index contributed by atoms with van der Waals surface area (Å²) in [5.41, 5.74) is 1.55. The van der Waals surface area contributed by atoms with Crippen molar-refractivity contribution in [2.75, 3.05) is 6.54 Å². The number of hydrogen-bond donors (Lipinski definition) is 0. The Labute approximate surface area is 145 Å². The van der Waals surface area contributed by atoms with E-state index in [1.165, 1.54) is 10.8 Å². The van der Waals surface area contributed by atoms with Crippen LogP contribution in [0, 0.1) is 0 Å². The summed E-state index contributed by atoms with van der Waals surface area (Å²) in [6.07, 6.45) is 5.93. The molecule has 130 valence electrons. The Morgan fingerprint density at radius 1 is 1.32 bits per heavy atom. The largest absolute Gasteiger partial charge is 0.334 e. The van der Waals surface area contributed by atoms with E-state index in [1.54, 1.807) is 29.0 Å². The predicted molar refractivity (Wildman–Crippen MR) is 96.9 cm³/mol. The maximum atomic E-state index is 13.1. The maximum absolute atomic E-state index is 13.1. The lowest BCUT2D eigenvalue weighted by Crippen LogP contribution is -2.43. The molecule has 6 nitrogen and oxygen atoms in total. The van der Waals surface area contributed by atoms with Crippen LogP contribution in [0.4, 0.5) is 0 Å². The van der Waals surface area contributed by atoms with Gasteiger partial charge < -0.3 is 9.47 Å². The second-order valence-corrected chi connectivity index (χ2v) is 6.73. The molecule has 0 N–H and O–H groups in total. The van der Waals surface area contributed by atoms with Gasteiger partial charge in [-0.3, -0.25) is 14.0 Å². The highest BCUT2D eigenvalue weighted by molar-refractivity contribution is 5.98. The van der Waals surface area contributed by atoms with Crippen molar-refractivity contribution < 1.29 is 4.79 Å². The zero-order valence-electron chi connectivity index (χ0n) is 14.6. The normalized spacial score (nSPS) is 18.2. The molecule has 3 aromatic rings. The van der Waals surface area contributed by atoms with Gasteiger partial charge in [0.15, 0.2) is 0 Å². The molecular weight excluding hydrogens is 316 g/mol. The molecule has 1 aliphatic rings. The first-order valence-corrected chi connectivity index (χ1v) is 8.89. The van der Waals surface area contributed by atoms with E-state index in [0.29, 0.717) is 22.4 Å². The Morgan fingerprint density at radius 2 is 2.16 bits per heavy atom. The number of nitrogens with zero attached hydrogens (tertiary/aromatic N) is 4. The van der Waals surface area contributed by atoms with Gasteiger partial charge in [-0.05, 0) is 43.9 Å². The fourth-order valence-corrected chi connectivity index (χ4v) is 3.87. The molecule has 0 aromatic carbocycles. The van der Waals surface area contributed by atoms with Crippen LogP contribution in [0.25, 0.3) is 16.7 Å². The molecule has 1 atom stereocenters. The smallest absolute Gasteiger partial charge is 0.270 e. The van der Waals surface area contributed by atoms with E-state index in [4.69, 9.17) is 0 Å². The van der Waals surface area contributed by atoms with Gasteiger partial charge in [0.25, 0.3) is 11.5 Å². The lowest BCUT2D eigenvalue weighted by molar-refractivity contribution is 0.0598. The molecule has 0 aliphatic carbocycles. The Bertz CT molecular complexity index is 1020. The number of carbonyl (C=O) groups is 1. The van der Waals surface area contributed by atoms with Gasteiger partial charge >= 0.3 is 0 Å². The molecule has 0 saturated carbocycles. The summed E-state index contributed by atoms with van der Waals surface area (Å²) in [5, 5.41) is 0.486. The van der Waals surface area contributed by atoms with Crippen LogP contribution < -0.4 is 5.56 Å². The van der Waals surface area contributed by atoms with Gasteiger partial charge in [0.05, 0.1) is 5.39 Å². The first-order valence-electron chi connectivity index (χ1n) is 8.89. The minimum Gasteiger partial charge on any atom is -0.334 e. The average Bonchev–Trinajstić information content (AvgIpc) is 2.98. The summed E-state index contributed by atoms with van der Waals surface area (Å²) >= 11 is 0. The highest BCUT2D eigenvalue weighted by Crippen LogP contribution is 2.23. The number of fused-ring (bicyclic) bond motifs is 2. The van der Waals surface area contributed by atoms with Gasteiger partial charge in [0.2, 0.25) is 0 Å². The minimum absolute atomic E-state index is 0.000469. The van der Waals surface area contributed by atoms with E-state index >= 15 is 0 Å². The van der Waals surface area contributed by atoms with Crippen LogP contribution in [0.15, 0.2) is 35.3 Å². The average molecular weight is 338 g/mol. The van der Waals surface area contributed by atoms with Gasteiger partial charge in [0.1, 0.15) is 17.0 Å². The van der Waals surface area contributed by atoms with Gasteiger partial charge in [-0.1, -0.05) is 13.0 Å². The molecule has 1 amide bonds. The summed E-state index contributed by atoms with van der Waals surface area (Å²) in [4.78, 5) is 32.4. The first-order chi connectivity index (χ1) is 12.1. The SMILES string of the molecule is CCC1CCCCN1C(=O)c1cc2c(=O)n3ccccc3nc2n1C. The number of hydrogen-bond acceptors (Lipinski definition) is 3. The van der Waals surface area contributed by atoms with E-state index in [1.807, 2.05) is 18.0 Å². The van der Waals surface area contributed by atoms with Crippen molar-refractivity contribution in [2.24, 2.45) is 7.05 Å². The Kier molecular flexibility index (Phi) is 3.82. The van der Waals surface area contributed by atoms with Crippen LogP contribution in [0.3, 0.4) is 0 Å². The van der Waals surface area contributed by atoms with Crippen molar-refractivity contribution in [2.45, 2.75) is 38.6 Å². The van der Waals surface area contributed by atoms with Crippen molar-refractivity contribution in [1.29, 1.82) is 0 Å². The number of carbonyl (C=O) groups excluding carboxylic acids is 1. The summed E-state index contributed by atoms with van der Waals surface area (Å²) in [6, 6.07) is 7.44. The van der Waals surface area contributed by atoms with E-state index in [2.05, 4.69) is 11.9 Å². The van der Waals surface area contributed by atoms with Crippen LogP contribution in [0.5, 0.6) is 0 Å². The van der Waals surface area contributed by atoms with Crippen molar-refractivity contribution in [3.05, 3.63) is 46.5 Å². The van der Waals surface area contributed by atoms with Crippen molar-refractivity contribution in [3.63, 3.8) is 0 Å². The molecule has 1 saturated heterocycles. The zero-order valence-corrected chi connectivity index (χ0v) is 14.6. The molecule has 3 aromatic heterocycles. The summed E-state index contributed by atoms with van der Waals surface area (Å²) in [7, 11) is 1.81. The quantitative estimate of drug-likeness (QED) is 0.721. The van der Waals surface area contributed by atoms with Crippen molar-refractivity contribution >= 4 is 22.6 Å². The number of amides is 1. The second-order valence-electron chi connectivity index (χ2n) is 6.73. The monoisotopic (exact) mass is 338 g/mol. The van der Waals surface area contributed by atoms with Crippen LogP contribution in [-0.4, -0.2) is 37.3 Å². The lowest BCUT2D eigenvalue weighted by Gasteiger charge is -2.35. The van der Waals surface area contributed by atoms with E-state index in [0.717, 1.165) is 25.8 Å². The number of likely N-dealkylation sites (tertiary alicyclic amines) is 1. The molecule has 0 spiro atoms. The molecule has 1 unspecified atom stereocenters. The molecule has 4 heterocycles. The molecule has 4 rings (SSSR count). The Hall–Kier alpha value is -2.63. The summed E-state index contributed by atoms with van der Waals surface area (Å²) in [5.74, 6) is 0.000469. The first kappa shape index (κ1) is 15.9. The third-order valence-corrected chi connectivity index (χ3v) is 5.29. The number of piperidine rings is 1. The van der Waals surface area contributed by atoms with Crippen LogP contribution >= 0.6 is 0 Å². The van der Waals surface area contributed by atoms with Gasteiger partial charge in [-0.2, -0.15) is 0 Å². The number of pyridine rings is 1. The van der Waals surface area contributed by atoms with Crippen LogP contribution in [0.2, 0.25) is 0 Å². The molecule has 1 aliphatic heterocycles. The second kappa shape index (κ2) is 6.02. The predicted octanol–water partition coefficient (Wildman–Crippen LogP) is 2.59. The van der Waals surface area contributed by atoms with Crippen LogP contribution in [-0.2, 0) is 7.05 Å². The lowest BCUT2D eigenvalue weighted by atomic mass is 9.99. The number of rotatable bonds is 2. The number of aryl methyl sites for hydroxylation is 1. The topological polar surface area (TPSA) is 59.6 Å². The van der Waals surface area contributed by atoms with E-state index in [9.17, 15) is 9.59 Å². The van der Waals surface area contributed by atoms with E-state index in [-0.39, 0.29) is 17.5 Å². The summed E-state index contributed by atoms with van der Waals surface area (Å²) < 4.78 is 3.28. The number of aromatic nitrogens is 3. The molecule has 0 bridgehead atoms. The molecule has 1 fully saturated rings. The fraction of sp³-hybridized carbons (Fsp3) is 0.421. The molecule has 6 heteroatoms. The molecule has 25 heavy (non-hydrogen) atoms. The Balaban J connectivity index is 1.86. The van der Waals surface area contributed by atoms with Crippen LogP contribution in [0.1, 0.15) is 43.1 Å². The highest BCUT2D eigenvalue weighted by atomic mass is 16.2. The zero-order chi connectivity index (χ0) is 17.6. The van der Waals surface area contributed by atoms with Crippen molar-refractivity contribution in [3.8, 4) is 0 Å². The minimum atomic E-state index is -0.138. The standard InChI is InChI=1S/C19H22N4O2/c1-3-13-8-4-6-10-22(13)19(25)15-12-14-17(21(15)2)20-16-9-5-7-11-23(16)18(14)24/h5,7,9,11-13H,3-4,6,8,10H2,1-2H3. The highest BCUT2D eigenvalue weighted by Gasteiger charge is 2.28. The third-order valence-electron chi connectivity index (χ3n) is 5.29. The van der Waals surface area contributed by atoms with Gasteiger partial charge in [-0.15, -0.1) is 0 Å². The molecule has 0 radical (unpaired) electrons. The van der Waals surface area contributed by atoms with E-state index < -0.39 is 0 Å². The van der Waals surface area contributed by atoms with Gasteiger partial charge in [0, 0.05) is 25.8 Å². The third kappa shape index (κ3) is 2.44. The maximum Gasteiger partial charge on any atom is 0.270 e. The molecular formula is C19H22N4O2. The fourth-order valence-electron chi connectivity index (χ4n) is 3.87. The summed E-state index contributed by atoms with van der Waals surface area (Å²) in [6.45, 7) is 2.91.